The van der Waals surface area contributed by atoms with E-state index in [4.69, 9.17) is 14.2 Å². The van der Waals surface area contributed by atoms with E-state index in [-0.39, 0.29) is 16.8 Å². The summed E-state index contributed by atoms with van der Waals surface area (Å²) in [5.41, 5.74) is -0.229. The molecule has 0 unspecified atom stereocenters. The fourth-order valence-corrected chi connectivity index (χ4v) is 3.13. The van der Waals surface area contributed by atoms with E-state index in [1.54, 1.807) is 6.07 Å². The van der Waals surface area contributed by atoms with Crippen molar-refractivity contribution in [2.75, 3.05) is 32.0 Å². The van der Waals surface area contributed by atoms with Crippen molar-refractivity contribution in [3.8, 4) is 17.2 Å². The van der Waals surface area contributed by atoms with Gasteiger partial charge in [0.15, 0.2) is 11.5 Å². The first kappa shape index (κ1) is 24.4. The van der Waals surface area contributed by atoms with Crippen molar-refractivity contribution < 1.29 is 37.0 Å². The first-order chi connectivity index (χ1) is 16.2. The lowest BCUT2D eigenvalue weighted by Crippen LogP contribution is -2.15. The summed E-state index contributed by atoms with van der Waals surface area (Å²) in [5, 5.41) is 5.09. The zero-order chi connectivity index (χ0) is 24.9. The lowest BCUT2D eigenvalue weighted by molar-refractivity contribution is -0.137. The fourth-order valence-electron chi connectivity index (χ4n) is 3.13. The summed E-state index contributed by atoms with van der Waals surface area (Å²) in [7, 11) is 4.28. The van der Waals surface area contributed by atoms with Crippen LogP contribution < -0.4 is 24.8 Å². The second-order valence-electron chi connectivity index (χ2n) is 6.98. The Balaban J connectivity index is 1.78. The number of methoxy groups -OCH3 is 3. The molecular formula is C24H21F3N2O5. The molecule has 2 N–H and O–H groups in total. The molecule has 3 aromatic carbocycles. The molecule has 0 radical (unpaired) electrons. The van der Waals surface area contributed by atoms with Crippen LogP contribution in [-0.4, -0.2) is 33.1 Å². The molecule has 0 fully saturated rings. The highest BCUT2D eigenvalue weighted by molar-refractivity contribution is 6.07. The zero-order valence-corrected chi connectivity index (χ0v) is 18.4. The Morgan fingerprint density at radius 1 is 0.706 bits per heavy atom. The number of hydrogen-bond donors (Lipinski definition) is 2. The Labute approximate surface area is 193 Å². The number of benzene rings is 3. The topological polar surface area (TPSA) is 85.9 Å². The number of rotatable bonds is 7. The third-order valence-electron chi connectivity index (χ3n) is 4.76. The first-order valence-electron chi connectivity index (χ1n) is 9.86. The number of nitrogens with one attached hydrogen (secondary N) is 2. The highest BCUT2D eigenvalue weighted by Gasteiger charge is 2.30. The standard InChI is InChI=1S/C24H21F3N2O5/c1-32-19-11-15(12-20(33-2)21(19)34-3)23(31)28-17-8-4-6-14(10-17)22(30)29-18-9-5-7-16(13-18)24(25,26)27/h4-13H,1-3H3,(H,28,31)(H,29,30). The maximum Gasteiger partial charge on any atom is 0.416 e. The molecule has 3 rings (SSSR count). The second-order valence-corrected chi connectivity index (χ2v) is 6.98. The molecule has 34 heavy (non-hydrogen) atoms. The van der Waals surface area contributed by atoms with Gasteiger partial charge in [-0.15, -0.1) is 0 Å². The normalized spacial score (nSPS) is 10.9. The SMILES string of the molecule is COc1cc(C(=O)Nc2cccc(C(=O)Nc3cccc(C(F)(F)F)c3)c2)cc(OC)c1OC. The van der Waals surface area contributed by atoms with Gasteiger partial charge in [-0.25, -0.2) is 0 Å². The van der Waals surface area contributed by atoms with Gasteiger partial charge in [-0.1, -0.05) is 12.1 Å². The van der Waals surface area contributed by atoms with Crippen LogP contribution in [0, 0.1) is 0 Å². The van der Waals surface area contributed by atoms with E-state index in [9.17, 15) is 22.8 Å². The third kappa shape index (κ3) is 5.58. The molecule has 0 bridgehead atoms. The van der Waals surface area contributed by atoms with E-state index in [2.05, 4.69) is 10.6 Å². The first-order valence-corrected chi connectivity index (χ1v) is 9.86. The van der Waals surface area contributed by atoms with Crippen molar-refractivity contribution in [2.24, 2.45) is 0 Å². The van der Waals surface area contributed by atoms with Gasteiger partial charge >= 0.3 is 6.18 Å². The molecule has 0 aliphatic carbocycles. The number of ether oxygens (including phenoxy) is 3. The smallest absolute Gasteiger partial charge is 0.416 e. The minimum Gasteiger partial charge on any atom is -0.493 e. The molecular weight excluding hydrogens is 453 g/mol. The van der Waals surface area contributed by atoms with Crippen molar-refractivity contribution in [2.45, 2.75) is 6.18 Å². The summed E-state index contributed by atoms with van der Waals surface area (Å²) >= 11 is 0. The van der Waals surface area contributed by atoms with Gasteiger partial charge in [-0.2, -0.15) is 13.2 Å². The number of carbonyl (C=O) groups excluding carboxylic acids is 2. The summed E-state index contributed by atoms with van der Waals surface area (Å²) < 4.78 is 54.4. The minimum atomic E-state index is -4.53. The van der Waals surface area contributed by atoms with Gasteiger partial charge in [0.05, 0.1) is 26.9 Å². The lowest BCUT2D eigenvalue weighted by atomic mass is 10.1. The number of amides is 2. The monoisotopic (exact) mass is 474 g/mol. The molecule has 2 amide bonds. The average Bonchev–Trinajstić information content (AvgIpc) is 2.82. The van der Waals surface area contributed by atoms with E-state index in [1.165, 1.54) is 63.8 Å². The number of anilines is 2. The highest BCUT2D eigenvalue weighted by Crippen LogP contribution is 2.38. The van der Waals surface area contributed by atoms with Gasteiger partial charge in [0.2, 0.25) is 5.75 Å². The van der Waals surface area contributed by atoms with E-state index in [1.807, 2.05) is 0 Å². The fraction of sp³-hybridized carbons (Fsp3) is 0.167. The van der Waals surface area contributed by atoms with Gasteiger partial charge in [0.25, 0.3) is 11.8 Å². The molecule has 0 aliphatic rings. The number of alkyl halides is 3. The molecule has 0 aliphatic heterocycles. The Kier molecular flexibility index (Phi) is 7.30. The molecule has 178 valence electrons. The molecule has 10 heteroatoms. The summed E-state index contributed by atoms with van der Waals surface area (Å²) in [6, 6.07) is 13.2. The van der Waals surface area contributed by atoms with E-state index in [0.29, 0.717) is 22.9 Å². The van der Waals surface area contributed by atoms with E-state index >= 15 is 0 Å². The van der Waals surface area contributed by atoms with Crippen LogP contribution in [0.3, 0.4) is 0 Å². The molecule has 0 spiro atoms. The quantitative estimate of drug-likeness (QED) is 0.490. The van der Waals surface area contributed by atoms with E-state index in [0.717, 1.165) is 12.1 Å². The van der Waals surface area contributed by atoms with Crippen molar-refractivity contribution in [3.05, 3.63) is 77.4 Å². The number of carbonyl (C=O) groups is 2. The second kappa shape index (κ2) is 10.2. The molecule has 0 atom stereocenters. The molecule has 0 heterocycles. The maximum atomic E-state index is 12.9. The van der Waals surface area contributed by atoms with Crippen LogP contribution in [0.25, 0.3) is 0 Å². The van der Waals surface area contributed by atoms with Crippen molar-refractivity contribution in [1.82, 2.24) is 0 Å². The van der Waals surface area contributed by atoms with Crippen LogP contribution in [0.5, 0.6) is 17.2 Å². The van der Waals surface area contributed by atoms with Crippen LogP contribution in [0.15, 0.2) is 60.7 Å². The Bertz CT molecular complexity index is 1190. The van der Waals surface area contributed by atoms with Crippen LogP contribution >= 0.6 is 0 Å². The average molecular weight is 474 g/mol. The summed E-state index contributed by atoms with van der Waals surface area (Å²) in [6.07, 6.45) is -4.53. The molecule has 0 aromatic heterocycles. The van der Waals surface area contributed by atoms with Crippen molar-refractivity contribution in [1.29, 1.82) is 0 Å². The van der Waals surface area contributed by atoms with Crippen molar-refractivity contribution >= 4 is 23.2 Å². The summed E-state index contributed by atoms with van der Waals surface area (Å²) in [5.74, 6) is -0.227. The predicted octanol–water partition coefficient (Wildman–Crippen LogP) is 5.24. The molecule has 0 saturated carbocycles. The predicted molar refractivity (Wildman–Crippen MR) is 120 cm³/mol. The van der Waals surface area contributed by atoms with E-state index < -0.39 is 23.6 Å². The molecule has 0 saturated heterocycles. The number of halogens is 3. The van der Waals surface area contributed by atoms with Crippen molar-refractivity contribution in [3.63, 3.8) is 0 Å². The van der Waals surface area contributed by atoms with Gasteiger partial charge in [0.1, 0.15) is 0 Å². The van der Waals surface area contributed by atoms with Crippen LogP contribution in [0.4, 0.5) is 24.5 Å². The van der Waals surface area contributed by atoms with Gasteiger partial charge < -0.3 is 24.8 Å². The zero-order valence-electron chi connectivity index (χ0n) is 18.4. The van der Waals surface area contributed by atoms with Gasteiger partial charge in [-0.3, -0.25) is 9.59 Å². The Morgan fingerprint density at radius 2 is 1.24 bits per heavy atom. The highest BCUT2D eigenvalue weighted by atomic mass is 19.4. The third-order valence-corrected chi connectivity index (χ3v) is 4.76. The number of hydrogen-bond acceptors (Lipinski definition) is 5. The summed E-state index contributed by atoms with van der Waals surface area (Å²) in [6.45, 7) is 0. The Morgan fingerprint density at radius 3 is 1.76 bits per heavy atom. The minimum absolute atomic E-state index is 0.00770. The summed E-state index contributed by atoms with van der Waals surface area (Å²) in [4.78, 5) is 25.4. The molecule has 7 nitrogen and oxygen atoms in total. The molecule has 3 aromatic rings. The van der Waals surface area contributed by atoms with Crippen LogP contribution in [0.1, 0.15) is 26.3 Å². The largest absolute Gasteiger partial charge is 0.493 e. The van der Waals surface area contributed by atoms with Crippen LogP contribution in [-0.2, 0) is 6.18 Å². The van der Waals surface area contributed by atoms with Gasteiger partial charge in [0, 0.05) is 22.5 Å². The Hall–Kier alpha value is -4.21. The van der Waals surface area contributed by atoms with Crippen LogP contribution in [0.2, 0.25) is 0 Å². The van der Waals surface area contributed by atoms with Gasteiger partial charge in [-0.05, 0) is 48.5 Å². The maximum absolute atomic E-state index is 12.9. The lowest BCUT2D eigenvalue weighted by Gasteiger charge is -2.14.